The number of phenols is 1. The van der Waals surface area contributed by atoms with E-state index in [0.29, 0.717) is 10.1 Å². The van der Waals surface area contributed by atoms with Crippen LogP contribution in [0.25, 0.3) is 27.2 Å². The Bertz CT molecular complexity index is 3580. The molecule has 0 fully saturated rings. The number of rotatable bonds is 17. The van der Waals surface area contributed by atoms with Crippen LogP contribution in [0.4, 0.5) is 34.1 Å². The van der Waals surface area contributed by atoms with Crippen molar-refractivity contribution in [2.45, 2.75) is 14.7 Å². The molecule has 0 unspecified atom stereocenters. The largest absolute Gasteiger partial charge is 0.505 e. The topological polar surface area (TPSA) is 392 Å². The summed E-state index contributed by atoms with van der Waals surface area (Å²) in [4.78, 5) is 10.1. The lowest BCUT2D eigenvalue weighted by molar-refractivity contribution is 0.0690. The SMILES string of the molecule is O=C(O)c1nn(-c2ccc3c(O)c(/N=N/c4cc(OCCO)c(/N=N/c5ccc6ccccc6c5S(=O)(=O)O)cc4OCCO)c(S(=O)(=O)O)cc3c2)c(O)c1/N=N/c1ccc(S(=O)(=O)O)cc1. The Labute approximate surface area is 382 Å². The van der Waals surface area contributed by atoms with Crippen molar-refractivity contribution in [3.8, 4) is 28.8 Å². The van der Waals surface area contributed by atoms with Crippen LogP contribution >= 0.6 is 0 Å². The highest BCUT2D eigenvalue weighted by Gasteiger charge is 2.27. The first-order valence-corrected chi connectivity index (χ1v) is 23.3. The minimum Gasteiger partial charge on any atom is -0.505 e. The van der Waals surface area contributed by atoms with Gasteiger partial charge in [-0.2, -0.15) is 40.1 Å². The van der Waals surface area contributed by atoms with Crippen LogP contribution in [-0.4, -0.2) is 107 Å². The summed E-state index contributed by atoms with van der Waals surface area (Å²) < 4.78 is 115. The molecular weight excluding hydrogens is 961 g/mol. The second-order valence-electron chi connectivity index (χ2n) is 13.8. The number of aromatic hydroxyl groups is 2. The molecule has 0 bridgehead atoms. The molecule has 25 nitrogen and oxygen atoms in total. The number of carboxylic acid groups (broad SMARTS) is 1. The molecule has 352 valence electrons. The van der Waals surface area contributed by atoms with E-state index in [1.165, 1.54) is 24.3 Å². The predicted molar refractivity (Wildman–Crippen MR) is 235 cm³/mol. The zero-order valence-corrected chi connectivity index (χ0v) is 36.6. The minimum atomic E-state index is -5.25. The van der Waals surface area contributed by atoms with E-state index in [9.17, 15) is 69.2 Å². The number of aliphatic hydroxyl groups is 2. The third kappa shape index (κ3) is 10.3. The summed E-state index contributed by atoms with van der Waals surface area (Å²) in [6.45, 7) is -1.73. The van der Waals surface area contributed by atoms with Gasteiger partial charge in [0.1, 0.15) is 57.3 Å². The molecule has 28 heteroatoms. The summed E-state index contributed by atoms with van der Waals surface area (Å²) in [5.41, 5.74) is -3.12. The zero-order valence-electron chi connectivity index (χ0n) is 34.1. The van der Waals surface area contributed by atoms with Crippen molar-refractivity contribution < 1.29 is 78.7 Å². The fourth-order valence-corrected chi connectivity index (χ4v) is 8.38. The van der Waals surface area contributed by atoms with Gasteiger partial charge in [-0.05, 0) is 65.4 Å². The van der Waals surface area contributed by atoms with Crippen LogP contribution in [0.15, 0.2) is 142 Å². The fraction of sp³-hybridized carbons (Fsp3) is 0.100. The van der Waals surface area contributed by atoms with E-state index in [0.717, 1.165) is 48.5 Å². The maximum absolute atomic E-state index is 12.8. The smallest absolute Gasteiger partial charge is 0.358 e. The molecule has 8 N–H and O–H groups in total. The first-order chi connectivity index (χ1) is 32.2. The Balaban J connectivity index is 1.29. The van der Waals surface area contributed by atoms with Gasteiger partial charge in [0, 0.05) is 22.9 Å². The van der Waals surface area contributed by atoms with E-state index in [2.05, 4.69) is 35.8 Å². The number of carbonyl (C=O) groups is 1. The quantitative estimate of drug-likeness (QED) is 0.0335. The molecule has 0 saturated heterocycles. The van der Waals surface area contributed by atoms with Crippen LogP contribution in [0.5, 0.6) is 23.1 Å². The van der Waals surface area contributed by atoms with Crippen molar-refractivity contribution in [3.63, 3.8) is 0 Å². The number of benzene rings is 6. The Morgan fingerprint density at radius 2 is 1.21 bits per heavy atom. The van der Waals surface area contributed by atoms with Crippen LogP contribution in [0.2, 0.25) is 0 Å². The van der Waals surface area contributed by atoms with E-state index in [4.69, 9.17) is 9.47 Å². The summed E-state index contributed by atoms with van der Waals surface area (Å²) >= 11 is 0. The number of aromatic carboxylic acids is 1. The second kappa shape index (κ2) is 19.2. The van der Waals surface area contributed by atoms with Crippen molar-refractivity contribution in [2.24, 2.45) is 30.7 Å². The Hall–Kier alpha value is -7.83. The number of ether oxygens (including phenoxy) is 2. The van der Waals surface area contributed by atoms with Gasteiger partial charge >= 0.3 is 5.97 Å². The predicted octanol–water partition coefficient (Wildman–Crippen LogP) is 7.02. The molecule has 1 aromatic heterocycles. The van der Waals surface area contributed by atoms with Crippen LogP contribution in [0, 0.1) is 0 Å². The van der Waals surface area contributed by atoms with Gasteiger partial charge in [-0.3, -0.25) is 13.7 Å². The van der Waals surface area contributed by atoms with Gasteiger partial charge in [-0.1, -0.05) is 30.3 Å². The lowest BCUT2D eigenvalue weighted by atomic mass is 10.1. The van der Waals surface area contributed by atoms with Crippen LogP contribution < -0.4 is 9.47 Å². The van der Waals surface area contributed by atoms with Gasteiger partial charge in [0.2, 0.25) is 11.6 Å². The summed E-state index contributed by atoms with van der Waals surface area (Å²) in [6, 6.07) is 20.1. The molecule has 7 rings (SSSR count). The maximum Gasteiger partial charge on any atom is 0.358 e. The van der Waals surface area contributed by atoms with Gasteiger partial charge in [0.05, 0.1) is 29.5 Å². The van der Waals surface area contributed by atoms with Gasteiger partial charge in [0.15, 0.2) is 11.4 Å². The number of fused-ring (bicyclic) bond motifs is 2. The number of hydrogen-bond acceptors (Lipinski definition) is 20. The van der Waals surface area contributed by atoms with Crippen molar-refractivity contribution in [1.29, 1.82) is 0 Å². The second-order valence-corrected chi connectivity index (χ2v) is 18.0. The molecule has 1 heterocycles. The molecule has 0 aliphatic rings. The molecule has 0 radical (unpaired) electrons. The molecule has 68 heavy (non-hydrogen) atoms. The summed E-state index contributed by atoms with van der Waals surface area (Å²) in [5.74, 6) is -3.80. The Kier molecular flexibility index (Phi) is 13.6. The van der Waals surface area contributed by atoms with Crippen LogP contribution in [0.3, 0.4) is 0 Å². The summed E-state index contributed by atoms with van der Waals surface area (Å²) in [6.07, 6.45) is 0. The first kappa shape index (κ1) is 48.1. The Morgan fingerprint density at radius 1 is 0.603 bits per heavy atom. The standard InChI is InChI=1S/C40H32N8O17S3/c49-13-15-64-31-20-30(32(65-16-14-50)19-29(31)43-42-28-12-5-21-3-1-2-4-27(21)38(28)68(61,62)63)44-45-34-33(67(58,59)60)18-22-17-24(8-11-26(22)37(34)51)48-39(52)35(36(47-48)40(53)54)46-41-23-6-9-25(10-7-23)66(55,56)57/h1-12,17-20,49-52H,13-16H2,(H,53,54)(H,55,56,57)(H,58,59,60)(H,61,62,63)/b43-42+,45-44+,46-41+. The molecule has 0 amide bonds. The molecule has 0 saturated carbocycles. The number of nitrogens with zero attached hydrogens (tertiary/aromatic N) is 8. The highest BCUT2D eigenvalue weighted by atomic mass is 32.2. The van der Waals surface area contributed by atoms with Gasteiger partial charge in [-0.25, -0.2) is 4.79 Å². The van der Waals surface area contributed by atoms with Crippen LogP contribution in [-0.2, 0) is 30.4 Å². The highest BCUT2D eigenvalue weighted by Crippen LogP contribution is 2.46. The number of aliphatic hydroxyl groups excluding tert-OH is 2. The normalized spacial score (nSPS) is 12.5. The van der Waals surface area contributed by atoms with Crippen molar-refractivity contribution >= 4 is 92.0 Å². The molecule has 0 atom stereocenters. The van der Waals surface area contributed by atoms with E-state index in [1.807, 2.05) is 0 Å². The molecule has 0 spiro atoms. The average molecular weight is 993 g/mol. The maximum atomic E-state index is 12.8. The number of carboxylic acids is 1. The minimum absolute atomic E-state index is 0.0207. The van der Waals surface area contributed by atoms with Gasteiger partial charge < -0.3 is 35.0 Å². The lowest BCUT2D eigenvalue weighted by Gasteiger charge is -2.13. The number of phenolic OH excluding ortho intramolecular Hbond substituents is 1. The summed E-state index contributed by atoms with van der Waals surface area (Å²) in [5, 5.41) is 79.3. The highest BCUT2D eigenvalue weighted by molar-refractivity contribution is 7.86. The van der Waals surface area contributed by atoms with E-state index >= 15 is 0 Å². The van der Waals surface area contributed by atoms with Gasteiger partial charge in [-0.15, -0.1) is 25.6 Å². The first-order valence-electron chi connectivity index (χ1n) is 19.0. The molecule has 6 aromatic carbocycles. The van der Waals surface area contributed by atoms with Gasteiger partial charge in [0.25, 0.3) is 30.4 Å². The molecule has 0 aliphatic carbocycles. The zero-order chi connectivity index (χ0) is 49.1. The van der Waals surface area contributed by atoms with Crippen molar-refractivity contribution in [2.75, 3.05) is 26.4 Å². The van der Waals surface area contributed by atoms with E-state index < -0.39 is 92.9 Å². The summed E-state index contributed by atoms with van der Waals surface area (Å²) in [7, 11) is -14.6. The lowest BCUT2D eigenvalue weighted by Crippen LogP contribution is -2.04. The fourth-order valence-electron chi connectivity index (χ4n) is 6.40. The average Bonchev–Trinajstić information content (AvgIpc) is 3.63. The van der Waals surface area contributed by atoms with Crippen molar-refractivity contribution in [1.82, 2.24) is 9.78 Å². The number of hydrogen-bond donors (Lipinski definition) is 8. The number of azo groups is 3. The number of aromatic nitrogens is 2. The monoisotopic (exact) mass is 992 g/mol. The Morgan fingerprint density at radius 3 is 1.79 bits per heavy atom. The third-order valence-electron chi connectivity index (χ3n) is 9.37. The van der Waals surface area contributed by atoms with E-state index in [1.54, 1.807) is 24.3 Å². The molecule has 7 aromatic rings. The van der Waals surface area contributed by atoms with E-state index in [-0.39, 0.29) is 69.3 Å². The third-order valence-corrected chi connectivity index (χ3v) is 12.1. The molecule has 0 aliphatic heterocycles. The molecular formula is C40H32N8O17S3. The van der Waals surface area contributed by atoms with Crippen LogP contribution in [0.1, 0.15) is 10.5 Å². The van der Waals surface area contributed by atoms with Crippen molar-refractivity contribution in [3.05, 3.63) is 103 Å².